The van der Waals surface area contributed by atoms with Crippen LogP contribution in [0.2, 0.25) is 0 Å². The number of benzene rings is 2. The van der Waals surface area contributed by atoms with E-state index in [1.807, 2.05) is 29.2 Å². The van der Waals surface area contributed by atoms with Gasteiger partial charge < -0.3 is 19.7 Å². The molecule has 0 saturated heterocycles. The molecule has 0 aliphatic carbocycles. The van der Waals surface area contributed by atoms with Gasteiger partial charge in [0.05, 0.1) is 0 Å². The van der Waals surface area contributed by atoms with Crippen molar-refractivity contribution in [1.29, 1.82) is 0 Å². The number of rotatable bonds is 4. The quantitative estimate of drug-likeness (QED) is 0.931. The molecule has 130 valence electrons. The number of nitrogens with one attached hydrogen (secondary N) is 1. The van der Waals surface area contributed by atoms with E-state index in [2.05, 4.69) is 23.5 Å². The van der Waals surface area contributed by atoms with Crippen LogP contribution in [0.4, 0.5) is 5.69 Å². The van der Waals surface area contributed by atoms with Gasteiger partial charge in [0.25, 0.3) is 0 Å². The summed E-state index contributed by atoms with van der Waals surface area (Å²) < 4.78 is 11.1. The molecule has 0 fully saturated rings. The first-order valence-corrected chi connectivity index (χ1v) is 8.78. The number of carbonyl (C=O) groups is 1. The van der Waals surface area contributed by atoms with Crippen molar-refractivity contribution in [3.63, 3.8) is 0 Å². The molecule has 0 radical (unpaired) electrons. The maximum Gasteiger partial charge on any atom is 0.224 e. The van der Waals surface area contributed by atoms with E-state index >= 15 is 0 Å². The van der Waals surface area contributed by atoms with Crippen LogP contribution < -0.4 is 14.8 Å². The number of carbonyl (C=O) groups excluding carboxylic acids is 1. The van der Waals surface area contributed by atoms with Gasteiger partial charge in [0.2, 0.25) is 5.91 Å². The largest absolute Gasteiger partial charge is 0.486 e. The van der Waals surface area contributed by atoms with E-state index < -0.39 is 0 Å². The molecule has 0 aromatic heterocycles. The lowest BCUT2D eigenvalue weighted by Gasteiger charge is -2.29. The molecule has 25 heavy (non-hydrogen) atoms. The second-order valence-corrected chi connectivity index (χ2v) is 6.37. The van der Waals surface area contributed by atoms with E-state index in [1.165, 1.54) is 11.1 Å². The topological polar surface area (TPSA) is 50.8 Å². The number of anilines is 1. The molecule has 2 aromatic rings. The van der Waals surface area contributed by atoms with E-state index in [-0.39, 0.29) is 5.91 Å². The van der Waals surface area contributed by atoms with Gasteiger partial charge in [-0.3, -0.25) is 4.79 Å². The van der Waals surface area contributed by atoms with Crippen molar-refractivity contribution in [3.8, 4) is 11.5 Å². The lowest BCUT2D eigenvalue weighted by atomic mass is 10.00. The van der Waals surface area contributed by atoms with Gasteiger partial charge in [-0.1, -0.05) is 24.3 Å². The van der Waals surface area contributed by atoms with Gasteiger partial charge >= 0.3 is 0 Å². The predicted octanol–water partition coefficient (Wildman–Crippen LogP) is 2.84. The van der Waals surface area contributed by atoms with Gasteiger partial charge in [0.1, 0.15) is 13.2 Å². The summed E-state index contributed by atoms with van der Waals surface area (Å²) in [6.07, 6.45) is 1.42. The predicted molar refractivity (Wildman–Crippen MR) is 96.1 cm³/mol. The van der Waals surface area contributed by atoms with Gasteiger partial charge in [0.15, 0.2) is 11.5 Å². The van der Waals surface area contributed by atoms with Crippen LogP contribution in [0.5, 0.6) is 11.5 Å². The number of amides is 1. The van der Waals surface area contributed by atoms with Gasteiger partial charge in [0, 0.05) is 37.8 Å². The molecule has 1 N–H and O–H groups in total. The third kappa shape index (κ3) is 3.55. The molecule has 0 saturated carbocycles. The summed E-state index contributed by atoms with van der Waals surface area (Å²) in [5.74, 6) is 1.73. The van der Waals surface area contributed by atoms with Crippen LogP contribution in [-0.2, 0) is 17.8 Å². The van der Waals surface area contributed by atoms with Gasteiger partial charge in [-0.15, -0.1) is 0 Å². The summed E-state index contributed by atoms with van der Waals surface area (Å²) in [7, 11) is 0. The molecule has 1 amide bonds. The van der Waals surface area contributed by atoms with Crippen molar-refractivity contribution in [1.82, 2.24) is 4.90 Å². The minimum absolute atomic E-state index is 0.194. The van der Waals surface area contributed by atoms with Crippen molar-refractivity contribution in [2.24, 2.45) is 0 Å². The number of hydrogen-bond donors (Lipinski definition) is 1. The average molecular weight is 338 g/mol. The first-order chi connectivity index (χ1) is 12.3. The highest BCUT2D eigenvalue weighted by molar-refractivity contribution is 5.77. The van der Waals surface area contributed by atoms with Crippen LogP contribution in [-0.4, -0.2) is 37.1 Å². The third-order valence-corrected chi connectivity index (χ3v) is 4.69. The van der Waals surface area contributed by atoms with Crippen LogP contribution in [0.1, 0.15) is 17.5 Å². The second kappa shape index (κ2) is 7.05. The van der Waals surface area contributed by atoms with Crippen LogP contribution in [0.15, 0.2) is 42.5 Å². The van der Waals surface area contributed by atoms with Crippen molar-refractivity contribution in [2.75, 3.05) is 31.6 Å². The van der Waals surface area contributed by atoms with Crippen LogP contribution in [0.3, 0.4) is 0 Å². The Bertz CT molecular complexity index is 775. The van der Waals surface area contributed by atoms with Crippen molar-refractivity contribution >= 4 is 11.6 Å². The highest BCUT2D eigenvalue weighted by Crippen LogP contribution is 2.32. The molecule has 0 unspecified atom stereocenters. The van der Waals surface area contributed by atoms with Gasteiger partial charge in [-0.25, -0.2) is 0 Å². The maximum atomic E-state index is 12.5. The fraction of sp³-hybridized carbons (Fsp3) is 0.350. The molecular formula is C20H22N2O3. The molecule has 2 aromatic carbocycles. The molecule has 2 heterocycles. The molecule has 0 spiro atoms. The number of ether oxygens (including phenoxy) is 2. The Kier molecular flexibility index (Phi) is 4.46. The SMILES string of the molecule is O=C(CCNc1ccc2c(c1)OCCO2)N1CCc2ccccc2C1. The van der Waals surface area contributed by atoms with Crippen LogP contribution in [0.25, 0.3) is 0 Å². The number of fused-ring (bicyclic) bond motifs is 2. The summed E-state index contributed by atoms with van der Waals surface area (Å²) in [5.41, 5.74) is 3.57. The van der Waals surface area contributed by atoms with Crippen LogP contribution in [0, 0.1) is 0 Å². The Morgan fingerprint density at radius 1 is 1.04 bits per heavy atom. The second-order valence-electron chi connectivity index (χ2n) is 6.37. The zero-order valence-corrected chi connectivity index (χ0v) is 14.2. The molecule has 2 aliphatic rings. The first kappa shape index (κ1) is 15.8. The van der Waals surface area contributed by atoms with Gasteiger partial charge in [-0.2, -0.15) is 0 Å². The standard InChI is InChI=1S/C20H22N2O3/c23-20(22-10-8-15-3-1-2-4-16(15)14-22)7-9-21-17-5-6-18-19(13-17)25-12-11-24-18/h1-6,13,21H,7-12,14H2. The molecular weight excluding hydrogens is 316 g/mol. The summed E-state index contributed by atoms with van der Waals surface area (Å²) >= 11 is 0. The Labute approximate surface area is 147 Å². The zero-order chi connectivity index (χ0) is 17.1. The maximum absolute atomic E-state index is 12.5. The highest BCUT2D eigenvalue weighted by atomic mass is 16.6. The Morgan fingerprint density at radius 2 is 1.84 bits per heavy atom. The molecule has 5 heteroatoms. The van der Waals surface area contributed by atoms with Crippen molar-refractivity contribution in [3.05, 3.63) is 53.6 Å². The summed E-state index contributed by atoms with van der Waals surface area (Å²) in [6.45, 7) is 3.30. The fourth-order valence-corrected chi connectivity index (χ4v) is 3.33. The zero-order valence-electron chi connectivity index (χ0n) is 14.2. The Hall–Kier alpha value is -2.69. The lowest BCUT2D eigenvalue weighted by Crippen LogP contribution is -2.36. The minimum Gasteiger partial charge on any atom is -0.486 e. The monoisotopic (exact) mass is 338 g/mol. The van der Waals surface area contributed by atoms with Crippen LogP contribution >= 0.6 is 0 Å². The highest BCUT2D eigenvalue weighted by Gasteiger charge is 2.20. The van der Waals surface area contributed by atoms with Crippen molar-refractivity contribution < 1.29 is 14.3 Å². The molecule has 0 atom stereocenters. The Morgan fingerprint density at radius 3 is 2.72 bits per heavy atom. The molecule has 0 bridgehead atoms. The average Bonchev–Trinajstić information content (AvgIpc) is 2.67. The molecule has 4 rings (SSSR count). The smallest absolute Gasteiger partial charge is 0.224 e. The van der Waals surface area contributed by atoms with E-state index in [9.17, 15) is 4.79 Å². The van der Waals surface area contributed by atoms with E-state index in [0.717, 1.165) is 36.7 Å². The van der Waals surface area contributed by atoms with Gasteiger partial charge in [-0.05, 0) is 29.7 Å². The minimum atomic E-state index is 0.194. The fourth-order valence-electron chi connectivity index (χ4n) is 3.33. The normalized spacial score (nSPS) is 15.4. The van der Waals surface area contributed by atoms with E-state index in [4.69, 9.17) is 9.47 Å². The summed E-state index contributed by atoms with van der Waals surface area (Å²) in [6, 6.07) is 14.2. The Balaban J connectivity index is 1.29. The van der Waals surface area contributed by atoms with E-state index in [1.54, 1.807) is 0 Å². The molecule has 5 nitrogen and oxygen atoms in total. The third-order valence-electron chi connectivity index (χ3n) is 4.69. The lowest BCUT2D eigenvalue weighted by molar-refractivity contribution is -0.131. The van der Waals surface area contributed by atoms with Crippen molar-refractivity contribution in [2.45, 2.75) is 19.4 Å². The van der Waals surface area contributed by atoms with E-state index in [0.29, 0.717) is 26.2 Å². The summed E-state index contributed by atoms with van der Waals surface area (Å²) in [4.78, 5) is 14.4. The summed E-state index contributed by atoms with van der Waals surface area (Å²) in [5, 5.41) is 3.30. The number of nitrogens with zero attached hydrogens (tertiary/aromatic N) is 1. The first-order valence-electron chi connectivity index (χ1n) is 8.78. The molecule has 2 aliphatic heterocycles. The number of hydrogen-bond acceptors (Lipinski definition) is 4.